The van der Waals surface area contributed by atoms with Crippen molar-refractivity contribution in [2.24, 2.45) is 23.7 Å². The Morgan fingerprint density at radius 1 is 1.13 bits per heavy atom. The van der Waals surface area contributed by atoms with Crippen LogP contribution < -0.4 is 21.3 Å². The van der Waals surface area contributed by atoms with Crippen LogP contribution in [0, 0.1) is 23.7 Å². The van der Waals surface area contributed by atoms with E-state index < -0.39 is 6.10 Å². The lowest BCUT2D eigenvalue weighted by atomic mass is 9.68. The van der Waals surface area contributed by atoms with Gasteiger partial charge in [0.1, 0.15) is 0 Å². The number of β-amino-alcohol motifs (C(OH)–C–C–N with tert-alkyl or cyclic N) is 1. The van der Waals surface area contributed by atoms with E-state index >= 15 is 0 Å². The Labute approximate surface area is 229 Å². The second-order valence-corrected chi connectivity index (χ2v) is 12.9. The highest BCUT2D eigenvalue weighted by Gasteiger charge is 2.41. The number of ether oxygens (including phenoxy) is 2. The molecule has 0 aromatic heterocycles. The molecule has 9 nitrogen and oxygen atoms in total. The van der Waals surface area contributed by atoms with Crippen molar-refractivity contribution in [1.82, 2.24) is 26.2 Å². The molecule has 0 radical (unpaired) electrons. The third-order valence-electron chi connectivity index (χ3n) is 10.2. The standard InChI is InChI=1S/C29H53N5O4/c1-19-25-10-12-34(15-22(25)7-8-26(19)37-17-27-20(2)32-18-38-27)16-24(35)14-31-29(36)21-9-11-30-28(13-21)33-23-5-3-4-6-23/h19-28,30,32-33,35H,3-18H2,1-2H3,(H,31,36)/t19?,20?,21?,22?,24-,25?,26?,27?,28?/m0/s1. The highest BCUT2D eigenvalue weighted by molar-refractivity contribution is 5.78. The minimum atomic E-state index is -0.524. The number of hydrogen-bond donors (Lipinski definition) is 5. The van der Waals surface area contributed by atoms with Crippen molar-refractivity contribution < 1.29 is 19.4 Å². The average Bonchev–Trinajstić information content (AvgIpc) is 3.58. The number of aliphatic hydroxyl groups excluding tert-OH is 1. The Balaban J connectivity index is 0.991. The van der Waals surface area contributed by atoms with Gasteiger partial charge in [0.15, 0.2) is 0 Å². The van der Waals surface area contributed by atoms with E-state index in [-0.39, 0.29) is 24.1 Å². The van der Waals surface area contributed by atoms with Crippen molar-refractivity contribution in [3.63, 3.8) is 0 Å². The fraction of sp³-hybridized carbons (Fsp3) is 0.966. The Morgan fingerprint density at radius 2 is 1.97 bits per heavy atom. The molecule has 38 heavy (non-hydrogen) atoms. The van der Waals surface area contributed by atoms with Crippen LogP contribution >= 0.6 is 0 Å². The maximum Gasteiger partial charge on any atom is 0.223 e. The normalized spacial score (nSPS) is 39.7. The second kappa shape index (κ2) is 13.7. The summed E-state index contributed by atoms with van der Waals surface area (Å²) >= 11 is 0. The van der Waals surface area contributed by atoms with Crippen molar-refractivity contribution in [1.29, 1.82) is 0 Å². The van der Waals surface area contributed by atoms with Crippen LogP contribution in [0.5, 0.6) is 0 Å². The van der Waals surface area contributed by atoms with E-state index in [1.54, 1.807) is 0 Å². The summed E-state index contributed by atoms with van der Waals surface area (Å²) in [5, 5.41) is 24.4. The molecule has 9 heteroatoms. The molecular weight excluding hydrogens is 482 g/mol. The first kappa shape index (κ1) is 28.7. The van der Waals surface area contributed by atoms with E-state index in [2.05, 4.69) is 40.0 Å². The van der Waals surface area contributed by atoms with Gasteiger partial charge in [-0.25, -0.2) is 0 Å². The predicted octanol–water partition coefficient (Wildman–Crippen LogP) is 1.41. The van der Waals surface area contributed by atoms with E-state index in [1.807, 2.05) is 0 Å². The Bertz CT molecular complexity index is 752. The molecule has 5 aliphatic rings. The SMILES string of the molecule is CC1NCOC1COC1CCC2CN(C[C@@H](O)CNC(=O)C3CCNC(NC4CCCC4)C3)CCC2C1C. The minimum absolute atomic E-state index is 0.0247. The first-order valence-corrected chi connectivity index (χ1v) is 15.6. The zero-order valence-corrected chi connectivity index (χ0v) is 23.7. The van der Waals surface area contributed by atoms with Crippen LogP contribution in [0.4, 0.5) is 0 Å². The van der Waals surface area contributed by atoms with Gasteiger partial charge in [-0.1, -0.05) is 19.8 Å². The number of carbonyl (C=O) groups is 1. The molecule has 0 aromatic carbocycles. The van der Waals surface area contributed by atoms with Crippen molar-refractivity contribution >= 4 is 5.91 Å². The molecule has 5 fully saturated rings. The van der Waals surface area contributed by atoms with Crippen LogP contribution in [-0.4, -0.2) is 98.5 Å². The van der Waals surface area contributed by atoms with Gasteiger partial charge in [-0.15, -0.1) is 0 Å². The fourth-order valence-electron chi connectivity index (χ4n) is 7.80. The summed E-state index contributed by atoms with van der Waals surface area (Å²) in [6, 6.07) is 0.954. The summed E-state index contributed by atoms with van der Waals surface area (Å²) in [7, 11) is 0. The number of fused-ring (bicyclic) bond motifs is 1. The molecule has 1 amide bonds. The lowest BCUT2D eigenvalue weighted by molar-refractivity contribution is -0.126. The zero-order chi connectivity index (χ0) is 26.5. The number of amides is 1. The van der Waals surface area contributed by atoms with Crippen LogP contribution in [0.2, 0.25) is 0 Å². The summed E-state index contributed by atoms with van der Waals surface area (Å²) in [5.41, 5.74) is 0. The number of likely N-dealkylation sites (tertiary alicyclic amines) is 1. The van der Waals surface area contributed by atoms with E-state index in [9.17, 15) is 9.90 Å². The molecule has 8 unspecified atom stereocenters. The largest absolute Gasteiger partial charge is 0.390 e. The van der Waals surface area contributed by atoms with Crippen LogP contribution in [0.1, 0.15) is 71.6 Å². The van der Waals surface area contributed by atoms with Gasteiger partial charge in [0.25, 0.3) is 0 Å². The minimum Gasteiger partial charge on any atom is -0.390 e. The highest BCUT2D eigenvalue weighted by Crippen LogP contribution is 2.41. The summed E-state index contributed by atoms with van der Waals surface area (Å²) in [6.07, 6.45) is 10.5. The average molecular weight is 536 g/mol. The first-order chi connectivity index (χ1) is 18.5. The highest BCUT2D eigenvalue weighted by atomic mass is 16.5. The molecule has 0 spiro atoms. The number of aliphatic hydroxyl groups is 1. The number of carbonyl (C=O) groups excluding carboxylic acids is 1. The number of rotatable bonds is 10. The molecule has 9 atom stereocenters. The molecule has 3 aliphatic heterocycles. The van der Waals surface area contributed by atoms with E-state index in [1.165, 1.54) is 32.1 Å². The first-order valence-electron chi connectivity index (χ1n) is 15.6. The maximum atomic E-state index is 12.9. The molecular formula is C29H53N5O4. The van der Waals surface area contributed by atoms with Gasteiger partial charge < -0.3 is 30.1 Å². The van der Waals surface area contributed by atoms with Gasteiger partial charge in [0.2, 0.25) is 5.91 Å². The lowest BCUT2D eigenvalue weighted by Gasteiger charge is -2.47. The van der Waals surface area contributed by atoms with Gasteiger partial charge in [-0.3, -0.25) is 15.4 Å². The summed E-state index contributed by atoms with van der Waals surface area (Å²) in [6.45, 7) is 9.75. The van der Waals surface area contributed by atoms with Crippen molar-refractivity contribution in [2.75, 3.05) is 46.1 Å². The van der Waals surface area contributed by atoms with Gasteiger partial charge in [0, 0.05) is 37.6 Å². The van der Waals surface area contributed by atoms with E-state index in [0.717, 1.165) is 45.3 Å². The molecule has 218 valence electrons. The van der Waals surface area contributed by atoms with Crippen molar-refractivity contribution in [3.8, 4) is 0 Å². The number of nitrogens with zero attached hydrogens (tertiary/aromatic N) is 1. The molecule has 2 aliphatic carbocycles. The Kier molecular flexibility index (Phi) is 10.4. The van der Waals surface area contributed by atoms with Gasteiger partial charge in [-0.2, -0.15) is 0 Å². The summed E-state index contributed by atoms with van der Waals surface area (Å²) < 4.78 is 12.1. The predicted molar refractivity (Wildman–Crippen MR) is 147 cm³/mol. The molecule has 5 rings (SSSR count). The third kappa shape index (κ3) is 7.47. The number of hydrogen-bond acceptors (Lipinski definition) is 8. The second-order valence-electron chi connectivity index (χ2n) is 12.9. The van der Waals surface area contributed by atoms with Gasteiger partial charge in [-0.05, 0) is 82.7 Å². The third-order valence-corrected chi connectivity index (χ3v) is 10.2. The van der Waals surface area contributed by atoms with Crippen LogP contribution in [0.3, 0.4) is 0 Å². The number of nitrogens with one attached hydrogen (secondary N) is 4. The molecule has 3 heterocycles. The van der Waals surface area contributed by atoms with Crippen molar-refractivity contribution in [2.45, 2.75) is 108 Å². The molecule has 3 saturated heterocycles. The molecule has 0 aromatic rings. The zero-order valence-electron chi connectivity index (χ0n) is 23.7. The van der Waals surface area contributed by atoms with E-state index in [4.69, 9.17) is 9.47 Å². The lowest BCUT2D eigenvalue weighted by Crippen LogP contribution is -2.53. The van der Waals surface area contributed by atoms with Crippen LogP contribution in [0.25, 0.3) is 0 Å². The summed E-state index contributed by atoms with van der Waals surface area (Å²) in [4.78, 5) is 15.3. The smallest absolute Gasteiger partial charge is 0.223 e. The quantitative estimate of drug-likeness (QED) is 0.286. The fourth-order valence-corrected chi connectivity index (χ4v) is 7.80. The van der Waals surface area contributed by atoms with Crippen LogP contribution in [-0.2, 0) is 14.3 Å². The monoisotopic (exact) mass is 535 g/mol. The molecule has 0 bridgehead atoms. The van der Waals surface area contributed by atoms with Crippen LogP contribution in [0.15, 0.2) is 0 Å². The number of piperidine rings is 2. The Hall–Kier alpha value is -0.810. The molecule has 5 N–H and O–H groups in total. The topological polar surface area (TPSA) is 107 Å². The maximum absolute atomic E-state index is 12.9. The van der Waals surface area contributed by atoms with Crippen molar-refractivity contribution in [3.05, 3.63) is 0 Å². The molecule has 2 saturated carbocycles. The Morgan fingerprint density at radius 3 is 2.76 bits per heavy atom. The van der Waals surface area contributed by atoms with E-state index in [0.29, 0.717) is 62.4 Å². The summed E-state index contributed by atoms with van der Waals surface area (Å²) in [5.74, 6) is 2.04. The van der Waals surface area contributed by atoms with Gasteiger partial charge >= 0.3 is 0 Å². The van der Waals surface area contributed by atoms with Gasteiger partial charge in [0.05, 0.1) is 37.8 Å².